The number of fused-ring (bicyclic) bond motifs is 2. The molecule has 6 rings (SSSR count). The Hall–Kier alpha value is -4.51. The number of halogens is 6. The summed E-state index contributed by atoms with van der Waals surface area (Å²) in [5, 5.41) is 6.95. The summed E-state index contributed by atoms with van der Waals surface area (Å²) in [7, 11) is 0. The van der Waals surface area contributed by atoms with Gasteiger partial charge in [-0.05, 0) is 78.4 Å². The predicted octanol–water partition coefficient (Wildman–Crippen LogP) is 8.29. The summed E-state index contributed by atoms with van der Waals surface area (Å²) >= 11 is 0. The third-order valence-electron chi connectivity index (χ3n) is 7.54. The van der Waals surface area contributed by atoms with Crippen molar-refractivity contribution in [2.45, 2.75) is 37.7 Å². The van der Waals surface area contributed by atoms with Gasteiger partial charge in [0.05, 0.1) is 28.9 Å². The molecule has 0 saturated carbocycles. The number of rotatable bonds is 7. The van der Waals surface area contributed by atoms with Gasteiger partial charge in [-0.25, -0.2) is 9.97 Å². The predicted molar refractivity (Wildman–Crippen MR) is 152 cm³/mol. The topological polar surface area (TPSA) is 62.7 Å². The number of hydrogen-bond donors (Lipinski definition) is 2. The third kappa shape index (κ3) is 6.17. The highest BCUT2D eigenvalue weighted by Gasteiger charge is 2.34. The van der Waals surface area contributed by atoms with Crippen molar-refractivity contribution < 1.29 is 26.3 Å². The fourth-order valence-electron chi connectivity index (χ4n) is 5.46. The minimum Gasteiger partial charge on any atom is -0.340 e. The van der Waals surface area contributed by atoms with E-state index in [1.54, 1.807) is 6.07 Å². The molecule has 0 radical (unpaired) electrons. The Morgan fingerprint density at radius 2 is 1.60 bits per heavy atom. The van der Waals surface area contributed by atoms with Gasteiger partial charge in [0.25, 0.3) is 0 Å². The van der Waals surface area contributed by atoms with Gasteiger partial charge in [0.1, 0.15) is 11.6 Å². The van der Waals surface area contributed by atoms with E-state index < -0.39 is 23.5 Å². The van der Waals surface area contributed by atoms with Crippen LogP contribution in [-0.2, 0) is 25.3 Å². The van der Waals surface area contributed by atoms with Gasteiger partial charge in [-0.1, -0.05) is 30.3 Å². The molecule has 11 heteroatoms. The Morgan fingerprint density at radius 1 is 0.814 bits per heavy atom. The average Bonchev–Trinajstić information content (AvgIpc) is 3.39. The second kappa shape index (κ2) is 11.3. The van der Waals surface area contributed by atoms with Crippen LogP contribution in [0.3, 0.4) is 0 Å². The maximum atomic E-state index is 13.7. The fraction of sp³-hybridized carbons (Fsp3) is 0.219. The smallest absolute Gasteiger partial charge is 0.340 e. The number of anilines is 2. The maximum Gasteiger partial charge on any atom is 0.418 e. The van der Waals surface area contributed by atoms with E-state index in [0.717, 1.165) is 31.0 Å². The van der Waals surface area contributed by atoms with Crippen LogP contribution in [-0.4, -0.2) is 21.5 Å². The zero-order valence-electron chi connectivity index (χ0n) is 22.6. The van der Waals surface area contributed by atoms with Crippen LogP contribution in [0.2, 0.25) is 0 Å². The van der Waals surface area contributed by atoms with Gasteiger partial charge in [-0.15, -0.1) is 0 Å². The molecule has 5 aromatic rings. The second-order valence-corrected chi connectivity index (χ2v) is 10.4. The summed E-state index contributed by atoms with van der Waals surface area (Å²) in [6.45, 7) is 0.959. The van der Waals surface area contributed by atoms with Crippen LogP contribution in [0.15, 0.2) is 85.1 Å². The van der Waals surface area contributed by atoms with Crippen LogP contribution < -0.4 is 10.6 Å². The van der Waals surface area contributed by atoms with Gasteiger partial charge >= 0.3 is 12.4 Å². The van der Waals surface area contributed by atoms with Crippen molar-refractivity contribution in [2.24, 2.45) is 0 Å². The molecule has 0 fully saturated rings. The fourth-order valence-corrected chi connectivity index (χ4v) is 5.46. The molecule has 0 amide bonds. The monoisotopic (exact) mass is 593 g/mol. The molecule has 2 heterocycles. The maximum absolute atomic E-state index is 13.7. The molecule has 0 spiro atoms. The highest BCUT2D eigenvalue weighted by molar-refractivity contribution is 5.93. The summed E-state index contributed by atoms with van der Waals surface area (Å²) in [6.07, 6.45) is -5.76. The van der Waals surface area contributed by atoms with Crippen LogP contribution in [0.5, 0.6) is 0 Å². The molecule has 1 aliphatic carbocycles. The number of nitrogens with one attached hydrogen (secondary N) is 2. The lowest BCUT2D eigenvalue weighted by atomic mass is 10.0. The van der Waals surface area contributed by atoms with Crippen molar-refractivity contribution in [3.63, 3.8) is 0 Å². The molecule has 2 N–H and O–H groups in total. The quantitative estimate of drug-likeness (QED) is 0.186. The number of alkyl halides is 6. The Morgan fingerprint density at radius 3 is 2.37 bits per heavy atom. The molecule has 5 nitrogen and oxygen atoms in total. The first-order valence-corrected chi connectivity index (χ1v) is 13.6. The van der Waals surface area contributed by atoms with Crippen molar-refractivity contribution in [2.75, 3.05) is 11.9 Å². The first kappa shape index (κ1) is 28.6. The van der Waals surface area contributed by atoms with Crippen LogP contribution in [0.1, 0.15) is 40.4 Å². The molecular formula is C32H25F6N5. The minimum atomic E-state index is -4.60. The molecule has 3 aromatic carbocycles. The molecule has 2 aromatic heterocycles. The number of pyridine rings is 1. The lowest BCUT2D eigenvalue weighted by Crippen LogP contribution is -2.21. The van der Waals surface area contributed by atoms with Gasteiger partial charge < -0.3 is 10.6 Å². The zero-order chi connectivity index (χ0) is 30.2. The summed E-state index contributed by atoms with van der Waals surface area (Å²) < 4.78 is 80.4. The van der Waals surface area contributed by atoms with Crippen molar-refractivity contribution in [3.05, 3.63) is 113 Å². The normalized spacial score (nSPS) is 15.1. The number of hydrogen-bond acceptors (Lipinski definition) is 5. The van der Waals surface area contributed by atoms with E-state index in [-0.39, 0.29) is 17.8 Å². The highest BCUT2D eigenvalue weighted by atomic mass is 19.4. The lowest BCUT2D eigenvalue weighted by Gasteiger charge is -2.16. The lowest BCUT2D eigenvalue weighted by molar-refractivity contribution is -0.138. The Kier molecular flexibility index (Phi) is 7.51. The third-order valence-corrected chi connectivity index (χ3v) is 7.54. The van der Waals surface area contributed by atoms with Gasteiger partial charge in [-0.2, -0.15) is 26.3 Å². The molecule has 0 bridgehead atoms. The van der Waals surface area contributed by atoms with E-state index in [0.29, 0.717) is 40.7 Å². The first-order valence-electron chi connectivity index (χ1n) is 13.6. The molecule has 43 heavy (non-hydrogen) atoms. The van der Waals surface area contributed by atoms with Gasteiger partial charge in [-0.3, -0.25) is 4.98 Å². The highest BCUT2D eigenvalue weighted by Crippen LogP contribution is 2.37. The van der Waals surface area contributed by atoms with E-state index >= 15 is 0 Å². The number of aryl methyl sites for hydroxylation is 1. The Bertz CT molecular complexity index is 1770. The van der Waals surface area contributed by atoms with E-state index in [2.05, 4.69) is 37.7 Å². The van der Waals surface area contributed by atoms with E-state index in [1.165, 1.54) is 47.7 Å². The van der Waals surface area contributed by atoms with Gasteiger partial charge in [0, 0.05) is 29.4 Å². The number of aromatic nitrogens is 3. The van der Waals surface area contributed by atoms with Crippen molar-refractivity contribution in [3.8, 4) is 11.3 Å². The molecule has 1 unspecified atom stereocenters. The summed E-state index contributed by atoms with van der Waals surface area (Å²) in [5.74, 6) is 1.02. The molecular weight excluding hydrogens is 568 g/mol. The standard InChI is InChI=1S/C32H25F6N5/c33-31(34,35)22-10-12-23(13-11-22)41-30-25-14-9-20(29-26(32(36,37)38)6-3-15-40-29)16-27(25)42-28(43-30)18-39-17-21-8-7-19-4-1-2-5-24(19)21/h1-6,9-16,21,39H,7-8,17-18H2,(H,41,42,43). The molecule has 220 valence electrons. The number of benzene rings is 3. The molecule has 1 aliphatic rings. The summed E-state index contributed by atoms with van der Waals surface area (Å²) in [4.78, 5) is 13.3. The van der Waals surface area contributed by atoms with Crippen LogP contribution in [0.4, 0.5) is 37.8 Å². The van der Waals surface area contributed by atoms with Crippen molar-refractivity contribution in [1.82, 2.24) is 20.3 Å². The number of nitrogens with zero attached hydrogens (tertiary/aromatic N) is 3. The van der Waals surface area contributed by atoms with Crippen LogP contribution in [0.25, 0.3) is 22.2 Å². The summed E-state index contributed by atoms with van der Waals surface area (Å²) in [5.41, 5.74) is 1.70. The van der Waals surface area contributed by atoms with Gasteiger partial charge in [0.2, 0.25) is 0 Å². The first-order chi connectivity index (χ1) is 20.6. The largest absolute Gasteiger partial charge is 0.418 e. The molecule has 1 atom stereocenters. The summed E-state index contributed by atoms with van der Waals surface area (Å²) in [6, 6.07) is 19.6. The van der Waals surface area contributed by atoms with E-state index in [4.69, 9.17) is 0 Å². The molecule has 0 saturated heterocycles. The van der Waals surface area contributed by atoms with Gasteiger partial charge in [0.15, 0.2) is 0 Å². The Balaban J connectivity index is 1.33. The Labute approximate surface area is 243 Å². The SMILES string of the molecule is FC(F)(F)c1ccc(Nc2nc(CNCC3CCc4ccccc43)nc3cc(-c4ncccc4C(F)(F)F)ccc23)cc1. The average molecular weight is 594 g/mol. The molecule has 0 aliphatic heterocycles. The van der Waals surface area contributed by atoms with Crippen LogP contribution in [0, 0.1) is 0 Å². The van der Waals surface area contributed by atoms with Crippen molar-refractivity contribution in [1.29, 1.82) is 0 Å². The van der Waals surface area contributed by atoms with E-state index in [1.807, 2.05) is 12.1 Å². The zero-order valence-corrected chi connectivity index (χ0v) is 22.6. The minimum absolute atomic E-state index is 0.223. The second-order valence-electron chi connectivity index (χ2n) is 10.4. The van der Waals surface area contributed by atoms with Crippen LogP contribution >= 0.6 is 0 Å². The van der Waals surface area contributed by atoms with E-state index in [9.17, 15) is 26.3 Å². The van der Waals surface area contributed by atoms with Crippen molar-refractivity contribution >= 4 is 22.4 Å².